The molecule has 0 unspecified atom stereocenters. The first-order valence-electron chi connectivity index (χ1n) is 4.55. The lowest BCUT2D eigenvalue weighted by atomic mass is 10.1. The highest BCUT2D eigenvalue weighted by Gasteiger charge is 2.36. The monoisotopic (exact) mass is 229 g/mol. The van der Waals surface area contributed by atoms with Crippen molar-refractivity contribution in [2.45, 2.75) is 6.11 Å². The molecule has 0 amide bonds. The summed E-state index contributed by atoms with van der Waals surface area (Å²) in [5.41, 5.74) is 0.597. The predicted octanol–water partition coefficient (Wildman–Crippen LogP) is 1.87. The van der Waals surface area contributed by atoms with Crippen LogP contribution in [-0.4, -0.2) is 25.7 Å². The molecule has 0 radical (unpaired) electrons. The fourth-order valence-corrected chi connectivity index (χ4v) is 1.39. The first kappa shape index (κ1) is 10.7. The van der Waals surface area contributed by atoms with Crippen molar-refractivity contribution < 1.29 is 23.0 Å². The average molecular weight is 229 g/mol. The zero-order valence-electron chi connectivity index (χ0n) is 8.42. The van der Waals surface area contributed by atoms with Crippen LogP contribution < -0.4 is 10.1 Å². The molecule has 1 aromatic rings. The summed E-state index contributed by atoms with van der Waals surface area (Å²) >= 11 is 0. The number of carbonyl (C=O) groups excluding carboxylic acids is 1. The number of hydrogen-bond donors (Lipinski definition) is 1. The SMILES string of the molecule is COC(=O)c1ccc2c(c1)OC(F)(F)CN2. The molecule has 16 heavy (non-hydrogen) atoms. The van der Waals surface area contributed by atoms with E-state index in [1.54, 1.807) is 0 Å². The average Bonchev–Trinajstić information content (AvgIpc) is 2.25. The van der Waals surface area contributed by atoms with Crippen molar-refractivity contribution in [3.8, 4) is 5.75 Å². The topological polar surface area (TPSA) is 47.6 Å². The first-order valence-corrected chi connectivity index (χ1v) is 4.55. The van der Waals surface area contributed by atoms with Crippen LogP contribution in [-0.2, 0) is 4.74 Å². The molecule has 86 valence electrons. The van der Waals surface area contributed by atoms with E-state index in [9.17, 15) is 13.6 Å². The van der Waals surface area contributed by atoms with E-state index >= 15 is 0 Å². The zero-order chi connectivity index (χ0) is 11.8. The molecule has 1 aliphatic heterocycles. The van der Waals surface area contributed by atoms with Gasteiger partial charge in [0.2, 0.25) is 0 Å². The van der Waals surface area contributed by atoms with E-state index in [4.69, 9.17) is 0 Å². The molecule has 0 fully saturated rings. The van der Waals surface area contributed by atoms with Crippen molar-refractivity contribution in [1.82, 2.24) is 0 Å². The predicted molar refractivity (Wildman–Crippen MR) is 51.8 cm³/mol. The van der Waals surface area contributed by atoms with Crippen molar-refractivity contribution in [2.24, 2.45) is 0 Å². The molecule has 0 saturated carbocycles. The van der Waals surface area contributed by atoms with E-state index in [-0.39, 0.29) is 11.3 Å². The number of hydrogen-bond acceptors (Lipinski definition) is 4. The van der Waals surface area contributed by atoms with Crippen LogP contribution in [0.25, 0.3) is 0 Å². The standard InChI is InChI=1S/C10H9F2NO3/c1-15-9(14)6-2-3-7-8(4-6)16-10(11,12)5-13-7/h2-4,13H,5H2,1H3. The third kappa shape index (κ3) is 1.91. The Kier molecular flexibility index (Phi) is 2.41. The molecular formula is C10H9F2NO3. The summed E-state index contributed by atoms with van der Waals surface area (Å²) in [6.07, 6.45) is -3.26. The van der Waals surface area contributed by atoms with E-state index in [0.717, 1.165) is 0 Å². The van der Waals surface area contributed by atoms with Crippen molar-refractivity contribution in [2.75, 3.05) is 19.0 Å². The van der Waals surface area contributed by atoms with Gasteiger partial charge in [-0.2, -0.15) is 8.78 Å². The Hall–Kier alpha value is -1.85. The van der Waals surface area contributed by atoms with Gasteiger partial charge in [0.1, 0.15) is 12.3 Å². The fourth-order valence-electron chi connectivity index (χ4n) is 1.39. The van der Waals surface area contributed by atoms with E-state index in [1.807, 2.05) is 0 Å². The summed E-state index contributed by atoms with van der Waals surface area (Å²) in [6, 6.07) is 4.20. The van der Waals surface area contributed by atoms with E-state index in [0.29, 0.717) is 5.69 Å². The van der Waals surface area contributed by atoms with Crippen molar-refractivity contribution in [3.63, 3.8) is 0 Å². The van der Waals surface area contributed by atoms with Crippen molar-refractivity contribution in [3.05, 3.63) is 23.8 Å². The van der Waals surface area contributed by atoms with Crippen LogP contribution in [0, 0.1) is 0 Å². The highest BCUT2D eigenvalue weighted by molar-refractivity contribution is 5.90. The number of rotatable bonds is 1. The van der Waals surface area contributed by atoms with Gasteiger partial charge in [-0.25, -0.2) is 4.79 Å². The van der Waals surface area contributed by atoms with Gasteiger partial charge < -0.3 is 14.8 Å². The van der Waals surface area contributed by atoms with E-state index in [1.165, 1.54) is 25.3 Å². The van der Waals surface area contributed by atoms with Gasteiger partial charge in [0.25, 0.3) is 0 Å². The Labute approximate surface area is 90.2 Å². The van der Waals surface area contributed by atoms with Crippen LogP contribution >= 0.6 is 0 Å². The smallest absolute Gasteiger partial charge is 0.415 e. The summed E-state index contributed by atoms with van der Waals surface area (Å²) in [5, 5.41) is 2.51. The molecule has 0 aliphatic carbocycles. The lowest BCUT2D eigenvalue weighted by Crippen LogP contribution is -2.37. The van der Waals surface area contributed by atoms with Crippen LogP contribution in [0.15, 0.2) is 18.2 Å². The van der Waals surface area contributed by atoms with E-state index < -0.39 is 18.6 Å². The number of alkyl halides is 2. The number of benzene rings is 1. The van der Waals surface area contributed by atoms with Gasteiger partial charge >= 0.3 is 12.1 Å². The normalized spacial score (nSPS) is 16.7. The summed E-state index contributed by atoms with van der Waals surface area (Å²) in [7, 11) is 1.22. The van der Waals surface area contributed by atoms with Gasteiger partial charge in [-0.05, 0) is 18.2 Å². The maximum atomic E-state index is 12.9. The van der Waals surface area contributed by atoms with Gasteiger partial charge in [0.05, 0.1) is 18.4 Å². The molecule has 2 rings (SSSR count). The highest BCUT2D eigenvalue weighted by Crippen LogP contribution is 2.35. The minimum atomic E-state index is -3.26. The molecule has 4 nitrogen and oxygen atoms in total. The van der Waals surface area contributed by atoms with Gasteiger partial charge in [-0.3, -0.25) is 0 Å². The van der Waals surface area contributed by atoms with Crippen LogP contribution in [0.4, 0.5) is 14.5 Å². The minimum absolute atomic E-state index is 0.0563. The first-order chi connectivity index (χ1) is 7.52. The molecule has 0 saturated heterocycles. The number of carbonyl (C=O) groups is 1. The van der Waals surface area contributed by atoms with Crippen molar-refractivity contribution >= 4 is 11.7 Å². The molecule has 0 bridgehead atoms. The third-order valence-corrected chi connectivity index (χ3v) is 2.15. The van der Waals surface area contributed by atoms with Crippen LogP contribution in [0.1, 0.15) is 10.4 Å². The summed E-state index contributed by atoms with van der Waals surface area (Å²) in [5.74, 6) is -0.653. The molecule has 1 aliphatic rings. The molecule has 0 atom stereocenters. The Morgan fingerprint density at radius 3 is 3.00 bits per heavy atom. The summed E-state index contributed by atoms with van der Waals surface area (Å²) < 4.78 is 34.7. The molecule has 1 aromatic carbocycles. The Morgan fingerprint density at radius 1 is 1.56 bits per heavy atom. The molecule has 1 heterocycles. The number of halogens is 2. The minimum Gasteiger partial charge on any atom is -0.465 e. The lowest BCUT2D eigenvalue weighted by molar-refractivity contribution is -0.166. The summed E-state index contributed by atoms with van der Waals surface area (Å²) in [4.78, 5) is 11.2. The second-order valence-corrected chi connectivity index (χ2v) is 3.30. The van der Waals surface area contributed by atoms with Crippen LogP contribution in [0.2, 0.25) is 0 Å². The third-order valence-electron chi connectivity index (χ3n) is 2.15. The van der Waals surface area contributed by atoms with Gasteiger partial charge in [0, 0.05) is 0 Å². The lowest BCUT2D eigenvalue weighted by Gasteiger charge is -2.26. The maximum absolute atomic E-state index is 12.9. The number of nitrogens with one attached hydrogen (secondary N) is 1. The van der Waals surface area contributed by atoms with Gasteiger partial charge in [-0.1, -0.05) is 0 Å². The number of ether oxygens (including phenoxy) is 2. The Balaban J connectivity index is 2.34. The fraction of sp³-hybridized carbons (Fsp3) is 0.300. The molecule has 1 N–H and O–H groups in total. The summed E-state index contributed by atoms with van der Waals surface area (Å²) in [6.45, 7) is -0.586. The maximum Gasteiger partial charge on any atom is 0.415 e. The number of methoxy groups -OCH3 is 1. The highest BCUT2D eigenvalue weighted by atomic mass is 19.3. The van der Waals surface area contributed by atoms with Crippen LogP contribution in [0.3, 0.4) is 0 Å². The quantitative estimate of drug-likeness (QED) is 0.747. The zero-order valence-corrected chi connectivity index (χ0v) is 8.42. The second-order valence-electron chi connectivity index (χ2n) is 3.30. The molecular weight excluding hydrogens is 220 g/mol. The Bertz CT molecular complexity index is 434. The van der Waals surface area contributed by atoms with Crippen molar-refractivity contribution in [1.29, 1.82) is 0 Å². The molecule has 0 aromatic heterocycles. The van der Waals surface area contributed by atoms with E-state index in [2.05, 4.69) is 14.8 Å². The number of esters is 1. The second kappa shape index (κ2) is 3.62. The number of fused-ring (bicyclic) bond motifs is 1. The Morgan fingerprint density at radius 2 is 2.31 bits per heavy atom. The van der Waals surface area contributed by atoms with Crippen LogP contribution in [0.5, 0.6) is 5.75 Å². The number of anilines is 1. The largest absolute Gasteiger partial charge is 0.465 e. The molecule has 6 heteroatoms. The van der Waals surface area contributed by atoms with Gasteiger partial charge in [0.15, 0.2) is 0 Å². The van der Waals surface area contributed by atoms with Gasteiger partial charge in [-0.15, -0.1) is 0 Å². The molecule has 0 spiro atoms.